The minimum atomic E-state index is -3.45. The van der Waals surface area contributed by atoms with Gasteiger partial charge in [0, 0.05) is 36.9 Å². The van der Waals surface area contributed by atoms with Crippen molar-refractivity contribution in [3.8, 4) is 0 Å². The van der Waals surface area contributed by atoms with Crippen molar-refractivity contribution in [2.45, 2.75) is 243 Å². The second kappa shape index (κ2) is 34.0. The van der Waals surface area contributed by atoms with Crippen molar-refractivity contribution in [3.05, 3.63) is 24.7 Å². The van der Waals surface area contributed by atoms with Crippen molar-refractivity contribution in [2.75, 3.05) is 6.61 Å². The van der Waals surface area contributed by atoms with Gasteiger partial charge in [-0.05, 0) is 51.0 Å². The van der Waals surface area contributed by atoms with Gasteiger partial charge in [-0.25, -0.2) is 13.8 Å². The lowest BCUT2D eigenvalue weighted by Gasteiger charge is -2.34. The van der Waals surface area contributed by atoms with Gasteiger partial charge in [-0.2, -0.15) is 0 Å². The van der Waals surface area contributed by atoms with Crippen LogP contribution in [-0.2, 0) is 28.7 Å². The minimum Gasteiger partial charge on any atom is -0.550 e. The molecule has 0 aromatic heterocycles. The Morgan fingerprint density at radius 1 is 0.613 bits per heavy atom. The number of aliphatic carboxylic acids is 2. The number of carboxylic acid groups (broad SMARTS) is 2. The summed E-state index contributed by atoms with van der Waals surface area (Å²) in [6.07, 6.45) is 33.5. The maximum absolute atomic E-state index is 16.1. The van der Waals surface area contributed by atoms with Crippen LogP contribution in [0.15, 0.2) is 29.7 Å². The summed E-state index contributed by atoms with van der Waals surface area (Å²) in [4.78, 5) is 51.9. The van der Waals surface area contributed by atoms with Crippen LogP contribution in [0.1, 0.15) is 225 Å². The van der Waals surface area contributed by atoms with Gasteiger partial charge in [0.2, 0.25) is 0 Å². The van der Waals surface area contributed by atoms with Crippen LogP contribution in [0.4, 0.5) is 8.78 Å². The molecule has 0 aromatic carbocycles. The molecular weight excluding hydrogens is 797 g/mol. The standard InChI is InChI=1S/C49H83F2N3O8/c1-40-53-43(52)36-37-54(40)42-38-41(39-61-46(59)34-30-26-22-18-14-10-6-2-4-8-12-16-20-24-28-32-44(55)56)48(49(42,50)51)62-47(60)35-31-27-23-19-15-11-7-3-5-9-13-17-21-25-29-33-45(57)58/h36-37,41-42,48H,1-35,38-39H2,(H2,52,53)(H,55,56)(H,57,58)/p-2/t41-,42-,48?/m1/s1. The summed E-state index contributed by atoms with van der Waals surface area (Å²) in [6, 6.07) is -1.39. The lowest BCUT2D eigenvalue weighted by atomic mass is 10.0. The number of nitrogens with two attached hydrogens (primary N) is 1. The summed E-state index contributed by atoms with van der Waals surface area (Å²) in [5.74, 6) is -7.14. The highest BCUT2D eigenvalue weighted by Gasteiger charge is 2.62. The van der Waals surface area contributed by atoms with E-state index in [-0.39, 0.29) is 50.4 Å². The Hall–Kier alpha value is -3.51. The summed E-state index contributed by atoms with van der Waals surface area (Å²) in [5.41, 5.74) is 5.75. The van der Waals surface area contributed by atoms with Crippen molar-refractivity contribution in [2.24, 2.45) is 16.6 Å². The van der Waals surface area contributed by atoms with Crippen molar-refractivity contribution < 1.29 is 47.6 Å². The third-order valence-electron chi connectivity index (χ3n) is 12.3. The molecule has 0 saturated heterocycles. The van der Waals surface area contributed by atoms with Gasteiger partial charge in [0.25, 0.3) is 0 Å². The summed E-state index contributed by atoms with van der Waals surface area (Å²) in [6.45, 7) is 3.53. The van der Waals surface area contributed by atoms with E-state index in [2.05, 4.69) is 11.6 Å². The van der Waals surface area contributed by atoms with E-state index in [4.69, 9.17) is 15.2 Å². The first kappa shape index (κ1) is 54.6. The Morgan fingerprint density at radius 2 is 0.952 bits per heavy atom. The van der Waals surface area contributed by atoms with Gasteiger partial charge >= 0.3 is 17.9 Å². The van der Waals surface area contributed by atoms with Gasteiger partial charge < -0.3 is 39.9 Å². The number of amidine groups is 1. The van der Waals surface area contributed by atoms with Gasteiger partial charge in [-0.15, -0.1) is 0 Å². The first-order valence-corrected chi connectivity index (χ1v) is 24.5. The number of hydrogen-bond acceptors (Lipinski definition) is 11. The van der Waals surface area contributed by atoms with E-state index in [0.29, 0.717) is 25.7 Å². The average Bonchev–Trinajstić information content (AvgIpc) is 3.46. The molecule has 2 N–H and O–H groups in total. The van der Waals surface area contributed by atoms with Gasteiger partial charge in [0.15, 0.2) is 6.10 Å². The number of aliphatic imine (C=N–C) groups is 1. The number of alkyl halides is 2. The smallest absolute Gasteiger partial charge is 0.306 e. The molecule has 11 nitrogen and oxygen atoms in total. The Labute approximate surface area is 372 Å². The second-order valence-electron chi connectivity index (χ2n) is 17.8. The maximum atomic E-state index is 16.1. The number of unbranched alkanes of at least 4 members (excludes halogenated alkanes) is 28. The van der Waals surface area contributed by atoms with Crippen LogP contribution in [-0.4, -0.2) is 59.3 Å². The van der Waals surface area contributed by atoms with Crippen LogP contribution in [0.3, 0.4) is 0 Å². The third kappa shape index (κ3) is 25.6. The summed E-state index contributed by atoms with van der Waals surface area (Å²) in [7, 11) is 0. The second-order valence-corrected chi connectivity index (χ2v) is 17.8. The van der Waals surface area contributed by atoms with Crippen molar-refractivity contribution in [1.29, 1.82) is 0 Å². The Morgan fingerprint density at radius 3 is 1.31 bits per heavy atom. The number of carbonyl (C=O) groups excluding carboxylic acids is 4. The van der Waals surface area contributed by atoms with Crippen LogP contribution < -0.4 is 15.9 Å². The van der Waals surface area contributed by atoms with Crippen molar-refractivity contribution >= 4 is 29.7 Å². The number of carbonyl (C=O) groups is 4. The van der Waals surface area contributed by atoms with Crippen LogP contribution in [0.5, 0.6) is 0 Å². The molecule has 0 spiro atoms. The number of esters is 2. The van der Waals surface area contributed by atoms with Crippen molar-refractivity contribution in [3.63, 3.8) is 0 Å². The predicted molar refractivity (Wildman–Crippen MR) is 236 cm³/mol. The molecule has 0 aromatic rings. The molecule has 1 aliphatic carbocycles. The predicted octanol–water partition coefficient (Wildman–Crippen LogP) is 9.89. The lowest BCUT2D eigenvalue weighted by molar-refractivity contribution is -0.307. The number of nitrogens with zero attached hydrogens (tertiary/aromatic N) is 2. The maximum Gasteiger partial charge on any atom is 0.306 e. The molecule has 1 fully saturated rings. The van der Waals surface area contributed by atoms with E-state index >= 15 is 8.78 Å². The molecule has 1 heterocycles. The molecule has 3 atom stereocenters. The number of carboxylic acids is 2. The van der Waals surface area contributed by atoms with Crippen LogP contribution in [0.2, 0.25) is 0 Å². The van der Waals surface area contributed by atoms with E-state index in [9.17, 15) is 29.4 Å². The zero-order chi connectivity index (χ0) is 45.3. The van der Waals surface area contributed by atoms with E-state index in [1.165, 1.54) is 107 Å². The Bertz CT molecular complexity index is 1340. The SMILES string of the molecule is C=C1N=C(N)C=CN1[C@@H]1C[C@H](COC(=O)CCCCCCCCCCCCCCCCCC(=O)[O-])C(OC(=O)CCCCCCCCCCCCCCCCCC(=O)[O-])C1(F)F. The fourth-order valence-corrected chi connectivity index (χ4v) is 8.62. The Balaban J connectivity index is 1.61. The topological polar surface area (TPSA) is 174 Å². The van der Waals surface area contributed by atoms with E-state index in [1.807, 2.05) is 0 Å². The minimum absolute atomic E-state index is 0.0518. The monoisotopic (exact) mass is 878 g/mol. The number of rotatable bonds is 40. The molecular formula is C49H81F2N3O8-2. The van der Waals surface area contributed by atoms with Crippen LogP contribution >= 0.6 is 0 Å². The molecule has 0 bridgehead atoms. The molecule has 0 amide bonds. The highest BCUT2D eigenvalue weighted by molar-refractivity contribution is 5.92. The molecule has 1 aliphatic heterocycles. The van der Waals surface area contributed by atoms with Gasteiger partial charge in [-0.1, -0.05) is 174 Å². The average molecular weight is 878 g/mol. The molecule has 1 unspecified atom stereocenters. The zero-order valence-corrected chi connectivity index (χ0v) is 38.0. The molecule has 2 rings (SSSR count). The fraction of sp³-hybridized carbons (Fsp3) is 0.816. The third-order valence-corrected chi connectivity index (χ3v) is 12.3. The summed E-state index contributed by atoms with van der Waals surface area (Å²) in [5, 5.41) is 20.9. The first-order chi connectivity index (χ1) is 29.9. The summed E-state index contributed by atoms with van der Waals surface area (Å²) >= 11 is 0. The van der Waals surface area contributed by atoms with E-state index in [1.54, 1.807) is 0 Å². The van der Waals surface area contributed by atoms with Crippen LogP contribution in [0, 0.1) is 5.92 Å². The molecule has 2 aliphatic rings. The highest BCUT2D eigenvalue weighted by atomic mass is 19.3. The fourth-order valence-electron chi connectivity index (χ4n) is 8.62. The van der Waals surface area contributed by atoms with Gasteiger partial charge in [-0.3, -0.25) is 9.59 Å². The highest BCUT2D eigenvalue weighted by Crippen LogP contribution is 2.46. The quantitative estimate of drug-likeness (QED) is 0.0461. The van der Waals surface area contributed by atoms with Crippen LogP contribution in [0.25, 0.3) is 0 Å². The van der Waals surface area contributed by atoms with Gasteiger partial charge in [0.05, 0.1) is 6.61 Å². The molecule has 1 saturated carbocycles. The first-order valence-electron chi connectivity index (χ1n) is 24.5. The molecule has 0 radical (unpaired) electrons. The summed E-state index contributed by atoms with van der Waals surface area (Å²) < 4.78 is 43.3. The Kier molecular flexibility index (Phi) is 29.9. The zero-order valence-electron chi connectivity index (χ0n) is 38.0. The number of halogens is 2. The molecule has 356 valence electrons. The van der Waals surface area contributed by atoms with E-state index in [0.717, 1.165) is 77.0 Å². The van der Waals surface area contributed by atoms with E-state index < -0.39 is 47.9 Å². The van der Waals surface area contributed by atoms with Gasteiger partial charge in [0.1, 0.15) is 17.7 Å². The number of hydrogen-bond donors (Lipinski definition) is 1. The molecule has 62 heavy (non-hydrogen) atoms. The van der Waals surface area contributed by atoms with Crippen molar-refractivity contribution in [1.82, 2.24) is 4.90 Å². The largest absolute Gasteiger partial charge is 0.550 e. The lowest BCUT2D eigenvalue weighted by Crippen LogP contribution is -2.48. The normalized spacial score (nSPS) is 18.2. The molecule has 13 heteroatoms. The number of ether oxygens (including phenoxy) is 2.